The summed E-state index contributed by atoms with van der Waals surface area (Å²) < 4.78 is 46.9. The van der Waals surface area contributed by atoms with Gasteiger partial charge in [0, 0.05) is 11.9 Å². The predicted molar refractivity (Wildman–Crippen MR) is 78.4 cm³/mol. The van der Waals surface area contributed by atoms with Crippen LogP contribution >= 0.6 is 0 Å². The standard InChI is InChI=1S/C15H17F3N2O3/c1-9(20-14(21)19-7-6-15(16,17)18)12-8-10-4-3-5-11(22-2)13(10)23-12/h3-5,8-9H,6-7H2,1-2H3,(H2,19,20,21)/t9-/m1/s1. The van der Waals surface area contributed by atoms with Crippen LogP contribution in [0, 0.1) is 0 Å². The van der Waals surface area contributed by atoms with Crippen molar-refractivity contribution >= 4 is 17.0 Å². The molecule has 0 aliphatic rings. The number of para-hydroxylation sites is 1. The number of methoxy groups -OCH3 is 1. The minimum atomic E-state index is -4.30. The summed E-state index contributed by atoms with van der Waals surface area (Å²) >= 11 is 0. The van der Waals surface area contributed by atoms with E-state index in [4.69, 9.17) is 9.15 Å². The summed E-state index contributed by atoms with van der Waals surface area (Å²) in [5.74, 6) is 1.05. The van der Waals surface area contributed by atoms with E-state index in [1.54, 1.807) is 19.1 Å². The van der Waals surface area contributed by atoms with Gasteiger partial charge in [-0.2, -0.15) is 13.2 Å². The molecule has 23 heavy (non-hydrogen) atoms. The Morgan fingerprint density at radius 2 is 2.13 bits per heavy atom. The summed E-state index contributed by atoms with van der Waals surface area (Å²) in [5, 5.41) is 5.50. The minimum Gasteiger partial charge on any atom is -0.493 e. The van der Waals surface area contributed by atoms with Crippen molar-refractivity contribution in [2.45, 2.75) is 25.6 Å². The molecule has 8 heteroatoms. The number of fused-ring (bicyclic) bond motifs is 1. The lowest BCUT2D eigenvalue weighted by molar-refractivity contribution is -0.132. The van der Waals surface area contributed by atoms with Crippen molar-refractivity contribution < 1.29 is 27.1 Å². The zero-order valence-corrected chi connectivity index (χ0v) is 12.7. The van der Waals surface area contributed by atoms with Crippen molar-refractivity contribution in [3.8, 4) is 5.75 Å². The molecule has 0 saturated carbocycles. The van der Waals surface area contributed by atoms with E-state index < -0.39 is 31.2 Å². The van der Waals surface area contributed by atoms with Crippen LogP contribution in [0.15, 0.2) is 28.7 Å². The topological polar surface area (TPSA) is 63.5 Å². The molecule has 0 unspecified atom stereocenters. The van der Waals surface area contributed by atoms with Gasteiger partial charge in [-0.25, -0.2) is 4.79 Å². The largest absolute Gasteiger partial charge is 0.493 e. The lowest BCUT2D eigenvalue weighted by Gasteiger charge is -2.13. The van der Waals surface area contributed by atoms with Crippen LogP contribution in [0.3, 0.4) is 0 Å². The van der Waals surface area contributed by atoms with Crippen molar-refractivity contribution in [3.63, 3.8) is 0 Å². The smallest absolute Gasteiger partial charge is 0.390 e. The van der Waals surface area contributed by atoms with Gasteiger partial charge in [0.1, 0.15) is 5.76 Å². The first-order valence-electron chi connectivity index (χ1n) is 6.97. The number of rotatable bonds is 5. The van der Waals surface area contributed by atoms with Gasteiger partial charge in [-0.15, -0.1) is 0 Å². The fourth-order valence-electron chi connectivity index (χ4n) is 2.07. The molecule has 1 heterocycles. The number of ether oxygens (including phenoxy) is 1. The highest BCUT2D eigenvalue weighted by molar-refractivity contribution is 5.84. The molecule has 0 aliphatic heterocycles. The van der Waals surface area contributed by atoms with E-state index in [0.29, 0.717) is 17.1 Å². The Kier molecular flexibility index (Phi) is 5.02. The number of halogens is 3. The Bertz CT molecular complexity index is 682. The summed E-state index contributed by atoms with van der Waals surface area (Å²) in [6.07, 6.45) is -5.37. The summed E-state index contributed by atoms with van der Waals surface area (Å²) in [7, 11) is 1.52. The predicted octanol–water partition coefficient (Wildman–Crippen LogP) is 3.75. The van der Waals surface area contributed by atoms with E-state index in [-0.39, 0.29) is 0 Å². The fraction of sp³-hybridized carbons (Fsp3) is 0.400. The number of benzene rings is 1. The highest BCUT2D eigenvalue weighted by Gasteiger charge is 2.26. The van der Waals surface area contributed by atoms with Gasteiger partial charge in [0.15, 0.2) is 11.3 Å². The van der Waals surface area contributed by atoms with Gasteiger partial charge in [0.05, 0.1) is 19.6 Å². The van der Waals surface area contributed by atoms with Crippen molar-refractivity contribution in [1.29, 1.82) is 0 Å². The molecule has 0 fully saturated rings. The molecule has 0 bridgehead atoms. The number of alkyl halides is 3. The number of furan rings is 1. The van der Waals surface area contributed by atoms with Crippen molar-refractivity contribution in [1.82, 2.24) is 10.6 Å². The third kappa shape index (κ3) is 4.54. The van der Waals surface area contributed by atoms with Crippen LogP contribution in [-0.2, 0) is 0 Å². The molecular formula is C15H17F3N2O3. The minimum absolute atomic E-state index is 0.476. The third-order valence-electron chi connectivity index (χ3n) is 3.22. The number of amides is 2. The van der Waals surface area contributed by atoms with Gasteiger partial charge in [-0.05, 0) is 19.1 Å². The van der Waals surface area contributed by atoms with Gasteiger partial charge >= 0.3 is 12.2 Å². The number of carbonyl (C=O) groups is 1. The maximum atomic E-state index is 12.0. The van der Waals surface area contributed by atoms with Gasteiger partial charge in [-0.1, -0.05) is 12.1 Å². The van der Waals surface area contributed by atoms with Crippen LogP contribution in [0.25, 0.3) is 11.0 Å². The van der Waals surface area contributed by atoms with E-state index in [0.717, 1.165) is 5.39 Å². The Balaban J connectivity index is 1.98. The number of carbonyl (C=O) groups excluding carboxylic acids is 1. The highest BCUT2D eigenvalue weighted by atomic mass is 19.4. The van der Waals surface area contributed by atoms with Gasteiger partial charge in [-0.3, -0.25) is 0 Å². The second-order valence-electron chi connectivity index (χ2n) is 5.01. The van der Waals surface area contributed by atoms with E-state index in [1.165, 1.54) is 7.11 Å². The maximum Gasteiger partial charge on any atom is 0.390 e. The average Bonchev–Trinajstić information content (AvgIpc) is 2.89. The van der Waals surface area contributed by atoms with E-state index in [1.807, 2.05) is 12.1 Å². The zero-order chi connectivity index (χ0) is 17.0. The second-order valence-corrected chi connectivity index (χ2v) is 5.01. The Hall–Kier alpha value is -2.38. The first-order chi connectivity index (χ1) is 10.8. The molecule has 0 aliphatic carbocycles. The summed E-state index contributed by atoms with van der Waals surface area (Å²) in [6.45, 7) is 1.20. The molecule has 126 valence electrons. The molecule has 0 radical (unpaired) electrons. The highest BCUT2D eigenvalue weighted by Crippen LogP contribution is 2.30. The molecule has 2 rings (SSSR count). The van der Waals surface area contributed by atoms with Gasteiger partial charge in [0.2, 0.25) is 0 Å². The molecule has 1 aromatic heterocycles. The number of hydrogen-bond donors (Lipinski definition) is 2. The summed E-state index contributed by atoms with van der Waals surface area (Å²) in [6, 6.07) is 5.95. The Morgan fingerprint density at radius 3 is 2.78 bits per heavy atom. The SMILES string of the molecule is COc1cccc2cc([C@@H](C)NC(=O)NCCC(F)(F)F)oc12. The van der Waals surface area contributed by atoms with Gasteiger partial charge in [0.25, 0.3) is 0 Å². The lowest BCUT2D eigenvalue weighted by atomic mass is 10.2. The van der Waals surface area contributed by atoms with Crippen LogP contribution in [0.4, 0.5) is 18.0 Å². The summed E-state index contributed by atoms with van der Waals surface area (Å²) in [4.78, 5) is 11.6. The van der Waals surface area contributed by atoms with E-state index in [9.17, 15) is 18.0 Å². The molecule has 0 spiro atoms. The first-order valence-corrected chi connectivity index (χ1v) is 6.97. The van der Waals surface area contributed by atoms with Crippen LogP contribution in [0.1, 0.15) is 25.1 Å². The third-order valence-corrected chi connectivity index (χ3v) is 3.22. The zero-order valence-electron chi connectivity index (χ0n) is 12.7. The van der Waals surface area contributed by atoms with Crippen LogP contribution in [-0.4, -0.2) is 25.9 Å². The lowest BCUT2D eigenvalue weighted by Crippen LogP contribution is -2.38. The molecule has 0 saturated heterocycles. The second kappa shape index (κ2) is 6.80. The Labute approximate surface area is 130 Å². The molecule has 2 aromatic rings. The van der Waals surface area contributed by atoms with Crippen LogP contribution in [0.2, 0.25) is 0 Å². The summed E-state index contributed by atoms with van der Waals surface area (Å²) in [5.41, 5.74) is 0.552. The van der Waals surface area contributed by atoms with E-state index in [2.05, 4.69) is 10.6 Å². The van der Waals surface area contributed by atoms with Crippen molar-refractivity contribution in [2.24, 2.45) is 0 Å². The van der Waals surface area contributed by atoms with Crippen molar-refractivity contribution in [3.05, 3.63) is 30.0 Å². The normalized spacial score (nSPS) is 12.9. The molecule has 1 aromatic carbocycles. The van der Waals surface area contributed by atoms with E-state index >= 15 is 0 Å². The first kappa shape index (κ1) is 17.0. The Morgan fingerprint density at radius 1 is 1.39 bits per heavy atom. The maximum absolute atomic E-state index is 12.0. The molecule has 1 atom stereocenters. The number of urea groups is 1. The fourth-order valence-corrected chi connectivity index (χ4v) is 2.07. The van der Waals surface area contributed by atoms with Crippen molar-refractivity contribution in [2.75, 3.05) is 13.7 Å². The monoisotopic (exact) mass is 330 g/mol. The molecule has 5 nitrogen and oxygen atoms in total. The molecular weight excluding hydrogens is 313 g/mol. The number of nitrogens with one attached hydrogen (secondary N) is 2. The molecule has 2 N–H and O–H groups in total. The van der Waals surface area contributed by atoms with Crippen LogP contribution in [0.5, 0.6) is 5.75 Å². The average molecular weight is 330 g/mol. The quantitative estimate of drug-likeness (QED) is 0.877. The van der Waals surface area contributed by atoms with Gasteiger partial charge < -0.3 is 19.8 Å². The molecule has 2 amide bonds. The van der Waals surface area contributed by atoms with Crippen LogP contribution < -0.4 is 15.4 Å². The number of hydrogen-bond acceptors (Lipinski definition) is 3.